The van der Waals surface area contributed by atoms with Crippen molar-refractivity contribution in [3.8, 4) is 17.7 Å². The maximum absolute atomic E-state index is 9.76. The smallest absolute Gasteiger partial charge is 0.244 e. The summed E-state index contributed by atoms with van der Waals surface area (Å²) in [7, 11) is 0. The molecule has 7 heteroatoms. The van der Waals surface area contributed by atoms with E-state index in [2.05, 4.69) is 32.2 Å². The summed E-state index contributed by atoms with van der Waals surface area (Å²) in [6.07, 6.45) is 0. The Morgan fingerprint density at radius 1 is 1.29 bits per heavy atom. The van der Waals surface area contributed by atoms with Crippen molar-refractivity contribution in [2.24, 2.45) is 5.73 Å². The van der Waals surface area contributed by atoms with E-state index in [4.69, 9.17) is 15.2 Å². The molecule has 2 aromatic carbocycles. The molecule has 0 spiro atoms. The van der Waals surface area contributed by atoms with Crippen LogP contribution in [0.1, 0.15) is 28.3 Å². The highest BCUT2D eigenvalue weighted by Crippen LogP contribution is 2.46. The first-order valence-corrected chi connectivity index (χ1v) is 9.46. The average Bonchev–Trinajstić information content (AvgIpc) is 3.07. The maximum Gasteiger partial charge on any atom is 0.244 e. The van der Waals surface area contributed by atoms with Crippen molar-refractivity contribution in [2.75, 3.05) is 0 Å². The molecule has 0 unspecified atom stereocenters. The number of hydrogen-bond donors (Lipinski definition) is 2. The van der Waals surface area contributed by atoms with Crippen molar-refractivity contribution in [1.29, 1.82) is 5.26 Å². The summed E-state index contributed by atoms with van der Waals surface area (Å²) in [5.41, 5.74) is 9.83. The third-order valence-corrected chi connectivity index (χ3v) is 5.14. The summed E-state index contributed by atoms with van der Waals surface area (Å²) in [6.45, 7) is 2.30. The van der Waals surface area contributed by atoms with E-state index in [0.29, 0.717) is 23.8 Å². The number of aryl methyl sites for hydroxylation is 1. The van der Waals surface area contributed by atoms with E-state index in [-0.39, 0.29) is 5.88 Å². The summed E-state index contributed by atoms with van der Waals surface area (Å²) < 4.78 is 12.5. The number of H-pyrrole nitrogens is 1. The van der Waals surface area contributed by atoms with Gasteiger partial charge in [-0.05, 0) is 30.7 Å². The van der Waals surface area contributed by atoms with Crippen LogP contribution in [0.15, 0.2) is 64.5 Å². The molecular weight excluding hydrogens is 420 g/mol. The van der Waals surface area contributed by atoms with Gasteiger partial charge >= 0.3 is 0 Å². The molecule has 1 aliphatic heterocycles. The van der Waals surface area contributed by atoms with Crippen LogP contribution in [-0.2, 0) is 6.61 Å². The van der Waals surface area contributed by atoms with E-state index in [0.717, 1.165) is 26.9 Å². The number of nitrogens with one attached hydrogen (secondary N) is 1. The quantitative estimate of drug-likeness (QED) is 0.635. The normalized spacial score (nSPS) is 15.5. The topological polar surface area (TPSA) is 97.0 Å². The third-order valence-electron chi connectivity index (χ3n) is 4.65. The van der Waals surface area contributed by atoms with Crippen molar-refractivity contribution >= 4 is 15.9 Å². The average molecular weight is 437 g/mol. The van der Waals surface area contributed by atoms with Crippen LogP contribution in [0, 0.1) is 18.3 Å². The molecule has 0 amide bonds. The van der Waals surface area contributed by atoms with E-state index in [1.165, 1.54) is 0 Å². The molecule has 0 radical (unpaired) electrons. The number of nitriles is 1. The Balaban J connectivity index is 1.80. The first-order chi connectivity index (χ1) is 13.6. The van der Waals surface area contributed by atoms with Gasteiger partial charge in [0.05, 0.1) is 5.92 Å². The Kier molecular flexibility index (Phi) is 4.80. The number of nitrogens with zero attached hydrogens (tertiary/aromatic N) is 2. The van der Waals surface area contributed by atoms with Crippen LogP contribution in [-0.4, -0.2) is 10.2 Å². The van der Waals surface area contributed by atoms with Crippen LogP contribution < -0.4 is 15.2 Å². The number of aromatic nitrogens is 2. The van der Waals surface area contributed by atoms with Gasteiger partial charge in [0.15, 0.2) is 0 Å². The van der Waals surface area contributed by atoms with Gasteiger partial charge in [0.25, 0.3) is 0 Å². The molecule has 4 rings (SSSR count). The van der Waals surface area contributed by atoms with Crippen molar-refractivity contribution in [3.05, 3.63) is 86.8 Å². The van der Waals surface area contributed by atoms with Gasteiger partial charge in [-0.2, -0.15) is 5.26 Å². The van der Waals surface area contributed by atoms with Crippen LogP contribution in [0.25, 0.3) is 0 Å². The van der Waals surface area contributed by atoms with E-state index in [9.17, 15) is 5.26 Å². The Morgan fingerprint density at radius 2 is 2.07 bits per heavy atom. The van der Waals surface area contributed by atoms with Crippen LogP contribution >= 0.6 is 15.9 Å². The second-order valence-corrected chi connectivity index (χ2v) is 7.36. The largest absolute Gasteiger partial charge is 0.489 e. The molecule has 1 atom stereocenters. The van der Waals surface area contributed by atoms with Crippen LogP contribution in [0.2, 0.25) is 0 Å². The molecule has 0 fully saturated rings. The van der Waals surface area contributed by atoms with Gasteiger partial charge < -0.3 is 15.2 Å². The van der Waals surface area contributed by atoms with Gasteiger partial charge in [-0.1, -0.05) is 46.3 Å². The lowest BCUT2D eigenvalue weighted by Crippen LogP contribution is -2.21. The number of nitrogens with two attached hydrogens (primary N) is 1. The SMILES string of the molecule is Cc1[nH]nc2c1[C@H](c1cc(Br)ccc1OCc1ccccc1)C(C#N)=C(N)O2. The van der Waals surface area contributed by atoms with Gasteiger partial charge in [-0.15, -0.1) is 5.10 Å². The lowest BCUT2D eigenvalue weighted by molar-refractivity contribution is 0.301. The van der Waals surface area contributed by atoms with E-state index in [1.54, 1.807) is 0 Å². The lowest BCUT2D eigenvalue weighted by Gasteiger charge is -2.25. The standard InChI is InChI=1S/C21H17BrN4O2/c1-12-18-19(16(10-23)20(24)28-21(18)26-25-12)15-9-14(22)7-8-17(15)27-11-13-5-3-2-4-6-13/h2-9,19H,11,24H2,1H3,(H,25,26)/t19-/m1/s1. The molecule has 1 aliphatic rings. The minimum absolute atomic E-state index is 0.0560. The molecule has 0 saturated heterocycles. The Labute approximate surface area is 170 Å². The van der Waals surface area contributed by atoms with Gasteiger partial charge in [0, 0.05) is 21.3 Å². The Morgan fingerprint density at radius 3 is 2.82 bits per heavy atom. The number of allylic oxidation sites excluding steroid dienone is 1. The molecule has 1 aromatic heterocycles. The molecule has 140 valence electrons. The molecule has 0 aliphatic carbocycles. The minimum atomic E-state index is -0.434. The number of aromatic amines is 1. The number of benzene rings is 2. The predicted molar refractivity (Wildman–Crippen MR) is 108 cm³/mol. The summed E-state index contributed by atoms with van der Waals surface area (Å²) >= 11 is 3.52. The summed E-state index contributed by atoms with van der Waals surface area (Å²) in [5.74, 6) is 0.676. The molecule has 3 N–H and O–H groups in total. The first-order valence-electron chi connectivity index (χ1n) is 8.67. The van der Waals surface area contributed by atoms with Gasteiger partial charge in [-0.3, -0.25) is 5.10 Å². The molecular formula is C21H17BrN4O2. The molecule has 28 heavy (non-hydrogen) atoms. The third kappa shape index (κ3) is 3.23. The van der Waals surface area contributed by atoms with E-state index < -0.39 is 5.92 Å². The second-order valence-electron chi connectivity index (χ2n) is 6.45. The summed E-state index contributed by atoms with van der Waals surface area (Å²) in [5, 5.41) is 16.9. The van der Waals surface area contributed by atoms with Gasteiger partial charge in [0.1, 0.15) is 24.0 Å². The highest BCUT2D eigenvalue weighted by Gasteiger charge is 2.36. The van der Waals surface area contributed by atoms with Crippen LogP contribution in [0.3, 0.4) is 0 Å². The minimum Gasteiger partial charge on any atom is -0.489 e. The zero-order chi connectivity index (χ0) is 19.7. The van der Waals surface area contributed by atoms with Crippen molar-refractivity contribution in [3.63, 3.8) is 0 Å². The van der Waals surface area contributed by atoms with E-state index >= 15 is 0 Å². The van der Waals surface area contributed by atoms with Crippen molar-refractivity contribution in [2.45, 2.75) is 19.4 Å². The van der Waals surface area contributed by atoms with Crippen LogP contribution in [0.4, 0.5) is 0 Å². The fourth-order valence-electron chi connectivity index (χ4n) is 3.32. The fourth-order valence-corrected chi connectivity index (χ4v) is 3.70. The maximum atomic E-state index is 9.76. The molecule has 3 aromatic rings. The Bertz CT molecular complexity index is 1100. The van der Waals surface area contributed by atoms with Gasteiger partial charge in [-0.25, -0.2) is 0 Å². The fraction of sp³-hybridized carbons (Fsp3) is 0.143. The lowest BCUT2D eigenvalue weighted by atomic mass is 9.83. The zero-order valence-corrected chi connectivity index (χ0v) is 16.7. The number of rotatable bonds is 4. The van der Waals surface area contributed by atoms with Crippen molar-refractivity contribution < 1.29 is 9.47 Å². The monoisotopic (exact) mass is 436 g/mol. The highest BCUT2D eigenvalue weighted by molar-refractivity contribution is 9.10. The summed E-state index contributed by atoms with van der Waals surface area (Å²) in [6, 6.07) is 17.8. The van der Waals surface area contributed by atoms with Gasteiger partial charge in [0.2, 0.25) is 11.8 Å². The number of hydrogen-bond acceptors (Lipinski definition) is 5. The van der Waals surface area contributed by atoms with E-state index in [1.807, 2.05) is 55.5 Å². The first kappa shape index (κ1) is 18.1. The molecule has 2 heterocycles. The Hall–Kier alpha value is -3.24. The van der Waals surface area contributed by atoms with Crippen LogP contribution in [0.5, 0.6) is 11.6 Å². The number of ether oxygens (including phenoxy) is 2. The molecule has 0 bridgehead atoms. The number of fused-ring (bicyclic) bond motifs is 1. The predicted octanol–water partition coefficient (Wildman–Crippen LogP) is 4.28. The highest BCUT2D eigenvalue weighted by atomic mass is 79.9. The second kappa shape index (κ2) is 7.41. The number of halogens is 1. The zero-order valence-electron chi connectivity index (χ0n) is 15.1. The molecule has 6 nitrogen and oxygen atoms in total. The summed E-state index contributed by atoms with van der Waals surface area (Å²) in [4.78, 5) is 0. The van der Waals surface area contributed by atoms with Crippen molar-refractivity contribution in [1.82, 2.24) is 10.2 Å². The molecule has 0 saturated carbocycles.